The summed E-state index contributed by atoms with van der Waals surface area (Å²) in [6.07, 6.45) is 5.72. The highest BCUT2D eigenvalue weighted by Gasteiger charge is 2.13. The van der Waals surface area contributed by atoms with Gasteiger partial charge in [-0.1, -0.05) is 37.4 Å². The van der Waals surface area contributed by atoms with E-state index in [4.69, 9.17) is 9.63 Å². The molecule has 0 aromatic carbocycles. The number of aliphatic hydroxyl groups is 1. The van der Waals surface area contributed by atoms with Crippen LogP contribution in [-0.2, 0) is 0 Å². The van der Waals surface area contributed by atoms with Crippen molar-refractivity contribution in [3.8, 4) is 10.6 Å². The molecule has 2 aromatic heterocycles. The average molecular weight is 321 g/mol. The molecule has 0 amide bonds. The van der Waals surface area contributed by atoms with Gasteiger partial charge in [-0.15, -0.1) is 11.3 Å². The van der Waals surface area contributed by atoms with Crippen molar-refractivity contribution in [2.75, 3.05) is 6.61 Å². The Hall–Kier alpha value is -1.46. The normalized spacial score (nSPS) is 12.5. The molecule has 0 radical (unpaired) electrons. The van der Waals surface area contributed by atoms with Crippen LogP contribution in [0.1, 0.15) is 55.9 Å². The quantitative estimate of drug-likeness (QED) is 0.515. The molecule has 120 valence electrons. The summed E-state index contributed by atoms with van der Waals surface area (Å²) < 4.78 is 5.23. The van der Waals surface area contributed by atoms with Crippen LogP contribution in [0.5, 0.6) is 0 Å². The van der Waals surface area contributed by atoms with Gasteiger partial charge in [-0.2, -0.15) is 0 Å². The number of aliphatic hydroxyl groups excluding tert-OH is 1. The fourth-order valence-electron chi connectivity index (χ4n) is 2.29. The molecule has 22 heavy (non-hydrogen) atoms. The lowest BCUT2D eigenvalue weighted by Crippen LogP contribution is -2.00. The van der Waals surface area contributed by atoms with Crippen LogP contribution in [0.25, 0.3) is 10.6 Å². The summed E-state index contributed by atoms with van der Waals surface area (Å²) in [7, 11) is 0. The Morgan fingerprint density at radius 3 is 2.91 bits per heavy atom. The Balaban J connectivity index is 1.67. The molecular formula is C17H23NO3S. The molecule has 0 saturated carbocycles. The van der Waals surface area contributed by atoms with Gasteiger partial charge in [0.25, 0.3) is 0 Å². The van der Waals surface area contributed by atoms with Crippen LogP contribution in [0.3, 0.4) is 0 Å². The summed E-state index contributed by atoms with van der Waals surface area (Å²) in [4.78, 5) is 13.1. The number of thiophene rings is 1. The van der Waals surface area contributed by atoms with E-state index in [2.05, 4.69) is 12.1 Å². The maximum atomic E-state index is 12.1. The fourth-order valence-corrected chi connectivity index (χ4v) is 2.97. The minimum absolute atomic E-state index is 0.0512. The predicted octanol–water partition coefficient (Wildman–Crippen LogP) is 4.55. The van der Waals surface area contributed by atoms with Crippen LogP contribution in [0.2, 0.25) is 0 Å². The van der Waals surface area contributed by atoms with Crippen molar-refractivity contribution >= 4 is 17.1 Å². The smallest absolute Gasteiger partial charge is 0.184 e. The van der Waals surface area contributed by atoms with Crippen LogP contribution < -0.4 is 0 Å². The van der Waals surface area contributed by atoms with E-state index in [0.717, 1.165) is 37.0 Å². The monoisotopic (exact) mass is 321 g/mol. The SMILES string of the molecule is CC(CO)CCCCCCC(=O)c1cc(-c2cccs2)on1. The van der Waals surface area contributed by atoms with Crippen molar-refractivity contribution < 1.29 is 14.4 Å². The summed E-state index contributed by atoms with van der Waals surface area (Å²) in [6.45, 7) is 2.32. The summed E-state index contributed by atoms with van der Waals surface area (Å²) in [5.41, 5.74) is 0.428. The van der Waals surface area contributed by atoms with Crippen molar-refractivity contribution in [1.29, 1.82) is 0 Å². The zero-order valence-electron chi connectivity index (χ0n) is 13.0. The van der Waals surface area contributed by atoms with Crippen LogP contribution in [0.4, 0.5) is 0 Å². The van der Waals surface area contributed by atoms with Crippen LogP contribution in [0.15, 0.2) is 28.1 Å². The van der Waals surface area contributed by atoms with Crippen molar-refractivity contribution in [2.24, 2.45) is 5.92 Å². The first kappa shape index (κ1) is 16.9. The van der Waals surface area contributed by atoms with Gasteiger partial charge in [0.2, 0.25) is 0 Å². The molecule has 0 spiro atoms. The van der Waals surface area contributed by atoms with Gasteiger partial charge in [0.1, 0.15) is 5.69 Å². The number of unbranched alkanes of at least 4 members (excludes halogenated alkanes) is 3. The standard InChI is InChI=1S/C17H23NO3S/c1-13(12-19)7-4-2-3-5-8-15(20)14-11-16(21-18-14)17-9-6-10-22-17/h6,9-11,13,19H,2-5,7-8,12H2,1H3. The molecule has 1 N–H and O–H groups in total. The number of hydrogen-bond donors (Lipinski definition) is 1. The lowest BCUT2D eigenvalue weighted by Gasteiger charge is -2.06. The van der Waals surface area contributed by atoms with Crippen molar-refractivity contribution in [3.05, 3.63) is 29.3 Å². The molecule has 0 aliphatic heterocycles. The highest BCUT2D eigenvalue weighted by Crippen LogP contribution is 2.25. The highest BCUT2D eigenvalue weighted by molar-refractivity contribution is 7.13. The third-order valence-corrected chi connectivity index (χ3v) is 4.61. The molecule has 1 atom stereocenters. The van der Waals surface area contributed by atoms with Gasteiger partial charge in [0, 0.05) is 19.1 Å². The minimum Gasteiger partial charge on any atom is -0.396 e. The molecule has 4 nitrogen and oxygen atoms in total. The van der Waals surface area contributed by atoms with Crippen molar-refractivity contribution in [1.82, 2.24) is 5.16 Å². The molecule has 0 saturated heterocycles. The first-order valence-electron chi connectivity index (χ1n) is 7.85. The molecule has 0 bridgehead atoms. The molecule has 0 fully saturated rings. The molecule has 1 unspecified atom stereocenters. The van der Waals surface area contributed by atoms with Crippen LogP contribution in [0, 0.1) is 5.92 Å². The number of aromatic nitrogens is 1. The van der Waals surface area contributed by atoms with Crippen molar-refractivity contribution in [2.45, 2.75) is 45.4 Å². The molecule has 2 rings (SSSR count). The van der Waals surface area contributed by atoms with Gasteiger partial charge in [-0.05, 0) is 30.2 Å². The van der Waals surface area contributed by atoms with Gasteiger partial charge in [0.15, 0.2) is 11.5 Å². The number of Topliss-reactive ketones (excluding diaryl/α,β-unsaturated/α-hetero) is 1. The number of rotatable bonds is 10. The summed E-state index contributed by atoms with van der Waals surface area (Å²) in [6, 6.07) is 5.63. The average Bonchev–Trinajstić information content (AvgIpc) is 3.20. The van der Waals surface area contributed by atoms with E-state index in [1.807, 2.05) is 17.5 Å². The molecule has 0 aliphatic carbocycles. The van der Waals surface area contributed by atoms with E-state index in [1.165, 1.54) is 0 Å². The fraction of sp³-hybridized carbons (Fsp3) is 0.529. The van der Waals surface area contributed by atoms with E-state index in [9.17, 15) is 4.79 Å². The van der Waals surface area contributed by atoms with E-state index in [-0.39, 0.29) is 12.4 Å². The molecule has 5 heteroatoms. The zero-order chi connectivity index (χ0) is 15.8. The summed E-state index contributed by atoms with van der Waals surface area (Å²) in [5, 5.41) is 14.8. The van der Waals surface area contributed by atoms with Crippen LogP contribution in [-0.4, -0.2) is 22.7 Å². The first-order valence-corrected chi connectivity index (χ1v) is 8.73. The van der Waals surface area contributed by atoms with Crippen molar-refractivity contribution in [3.63, 3.8) is 0 Å². The Bertz CT molecular complexity index is 562. The highest BCUT2D eigenvalue weighted by atomic mass is 32.1. The maximum absolute atomic E-state index is 12.1. The third-order valence-electron chi connectivity index (χ3n) is 3.72. The second-order valence-corrected chi connectivity index (χ2v) is 6.67. The zero-order valence-corrected chi connectivity index (χ0v) is 13.8. The number of carbonyl (C=O) groups excluding carboxylic acids is 1. The third kappa shape index (κ3) is 5.07. The number of hydrogen-bond acceptors (Lipinski definition) is 5. The predicted molar refractivity (Wildman–Crippen MR) is 88.1 cm³/mol. The second kappa shape index (κ2) is 8.86. The van der Waals surface area contributed by atoms with E-state index in [0.29, 0.717) is 23.8 Å². The largest absolute Gasteiger partial charge is 0.396 e. The van der Waals surface area contributed by atoms with Gasteiger partial charge < -0.3 is 9.63 Å². The maximum Gasteiger partial charge on any atom is 0.184 e. The Labute approximate surface area is 135 Å². The molecular weight excluding hydrogens is 298 g/mol. The lowest BCUT2D eigenvalue weighted by molar-refractivity contribution is 0.0970. The minimum atomic E-state index is 0.0512. The van der Waals surface area contributed by atoms with Crippen LogP contribution >= 0.6 is 11.3 Å². The molecule has 0 aliphatic rings. The lowest BCUT2D eigenvalue weighted by atomic mass is 10.0. The Kier molecular flexibility index (Phi) is 6.80. The molecule has 2 heterocycles. The Morgan fingerprint density at radius 2 is 2.18 bits per heavy atom. The second-order valence-electron chi connectivity index (χ2n) is 5.72. The van der Waals surface area contributed by atoms with E-state index >= 15 is 0 Å². The van der Waals surface area contributed by atoms with Gasteiger partial charge >= 0.3 is 0 Å². The van der Waals surface area contributed by atoms with Gasteiger partial charge in [-0.25, -0.2) is 0 Å². The first-order chi connectivity index (χ1) is 10.7. The van der Waals surface area contributed by atoms with E-state index in [1.54, 1.807) is 17.4 Å². The molecule has 2 aromatic rings. The van der Waals surface area contributed by atoms with E-state index < -0.39 is 0 Å². The topological polar surface area (TPSA) is 63.3 Å². The summed E-state index contributed by atoms with van der Waals surface area (Å²) in [5.74, 6) is 1.10. The van der Waals surface area contributed by atoms with Gasteiger partial charge in [-0.3, -0.25) is 4.79 Å². The number of ketones is 1. The number of nitrogens with zero attached hydrogens (tertiary/aromatic N) is 1. The Morgan fingerprint density at radius 1 is 1.36 bits per heavy atom. The summed E-state index contributed by atoms with van der Waals surface area (Å²) >= 11 is 1.57. The number of carbonyl (C=O) groups is 1. The van der Waals surface area contributed by atoms with Gasteiger partial charge in [0.05, 0.1) is 4.88 Å².